The van der Waals surface area contributed by atoms with E-state index in [1.807, 2.05) is 26.0 Å². The van der Waals surface area contributed by atoms with Gasteiger partial charge in [-0.15, -0.1) is 0 Å². The number of rotatable bonds is 7. The molecule has 8 rings (SSSR count). The lowest BCUT2D eigenvalue weighted by Crippen LogP contribution is -2.49. The molecule has 1 heterocycles. The number of nitrogens with zero attached hydrogens (tertiary/aromatic N) is 1. The Labute approximate surface area is 283 Å². The monoisotopic (exact) mass is 622 g/mol. The summed E-state index contributed by atoms with van der Waals surface area (Å²) in [6.07, 6.45) is 0. The fourth-order valence-corrected chi connectivity index (χ4v) is 7.23. The van der Waals surface area contributed by atoms with Crippen molar-refractivity contribution in [2.75, 3.05) is 0 Å². The third-order valence-electron chi connectivity index (χ3n) is 10.4. The second-order valence-corrected chi connectivity index (χ2v) is 13.9. The van der Waals surface area contributed by atoms with Gasteiger partial charge in [0.15, 0.2) is 0 Å². The van der Waals surface area contributed by atoms with Crippen LogP contribution in [0.15, 0.2) is 146 Å². The maximum atomic E-state index is 10.6. The lowest BCUT2D eigenvalue weighted by molar-refractivity contribution is -0.0893. The van der Waals surface area contributed by atoms with E-state index in [2.05, 4.69) is 133 Å². The molecule has 0 aliphatic heterocycles. The van der Waals surface area contributed by atoms with Gasteiger partial charge >= 0.3 is 7.48 Å². The van der Waals surface area contributed by atoms with Crippen LogP contribution in [0.4, 0.5) is 0 Å². The van der Waals surface area contributed by atoms with Crippen LogP contribution < -0.4 is 5.46 Å². The highest BCUT2D eigenvalue weighted by Crippen LogP contribution is 2.57. The second kappa shape index (κ2) is 11.3. The normalized spacial score (nSPS) is 13.8. The average Bonchev–Trinajstić information content (AvgIpc) is 3.40. The standard InChI is InChI=1S/C44H37BNO2/c1-42(2,47)43(3,4)48-45-32-21-15-16-29(26-32)41-37-27-36-33-22-11-13-24-38(33)44(30-17-7-5-8-18-30,31-19-9-6-10-20-31)39(36)28-35(37)34-23-12-14-25-40(34)46-41/h5-28,47H,1-4H3. The topological polar surface area (TPSA) is 42.4 Å². The van der Waals surface area contributed by atoms with Crippen LogP contribution in [-0.2, 0) is 10.1 Å². The van der Waals surface area contributed by atoms with Crippen LogP contribution in [0.1, 0.15) is 49.9 Å². The second-order valence-electron chi connectivity index (χ2n) is 13.9. The molecule has 48 heavy (non-hydrogen) atoms. The van der Waals surface area contributed by atoms with Crippen molar-refractivity contribution in [2.45, 2.75) is 44.3 Å². The van der Waals surface area contributed by atoms with E-state index in [1.165, 1.54) is 38.8 Å². The molecule has 0 saturated carbocycles. The van der Waals surface area contributed by atoms with Crippen LogP contribution in [0.3, 0.4) is 0 Å². The molecule has 0 fully saturated rings. The Morgan fingerprint density at radius 3 is 1.94 bits per heavy atom. The van der Waals surface area contributed by atoms with Gasteiger partial charge in [-0.25, -0.2) is 4.98 Å². The fraction of sp³-hybridized carbons (Fsp3) is 0.159. The molecule has 0 saturated heterocycles. The number of fused-ring (bicyclic) bond motifs is 6. The zero-order chi connectivity index (χ0) is 33.1. The third kappa shape index (κ3) is 4.70. The quantitative estimate of drug-likeness (QED) is 0.142. The van der Waals surface area contributed by atoms with Crippen LogP contribution in [-0.4, -0.2) is 28.8 Å². The van der Waals surface area contributed by atoms with Gasteiger partial charge in [-0.3, -0.25) is 0 Å². The Hall–Kier alpha value is -5.03. The molecule has 1 aliphatic rings. The molecule has 7 aromatic rings. The Bertz CT molecular complexity index is 2270. The van der Waals surface area contributed by atoms with Gasteiger partial charge in [0, 0.05) is 16.3 Å². The first-order chi connectivity index (χ1) is 23.2. The van der Waals surface area contributed by atoms with Gasteiger partial charge < -0.3 is 9.76 Å². The van der Waals surface area contributed by atoms with Crippen molar-refractivity contribution in [1.82, 2.24) is 4.98 Å². The molecule has 0 spiro atoms. The van der Waals surface area contributed by atoms with E-state index in [0.29, 0.717) is 0 Å². The van der Waals surface area contributed by atoms with Gasteiger partial charge in [-0.2, -0.15) is 0 Å². The van der Waals surface area contributed by atoms with E-state index in [4.69, 9.17) is 9.64 Å². The predicted octanol–water partition coefficient (Wildman–Crippen LogP) is 9.23. The van der Waals surface area contributed by atoms with E-state index >= 15 is 0 Å². The van der Waals surface area contributed by atoms with Gasteiger partial charge in [0.05, 0.1) is 27.8 Å². The lowest BCUT2D eigenvalue weighted by Gasteiger charge is -2.37. The number of aromatic nitrogens is 1. The van der Waals surface area contributed by atoms with E-state index in [-0.39, 0.29) is 0 Å². The Balaban J connectivity index is 1.40. The summed E-state index contributed by atoms with van der Waals surface area (Å²) in [6.45, 7) is 7.33. The predicted molar refractivity (Wildman–Crippen MR) is 199 cm³/mol. The van der Waals surface area contributed by atoms with Crippen molar-refractivity contribution in [3.05, 3.63) is 168 Å². The van der Waals surface area contributed by atoms with E-state index in [0.717, 1.165) is 33.0 Å². The highest BCUT2D eigenvalue weighted by molar-refractivity contribution is 6.47. The molecule has 0 unspecified atom stereocenters. The summed E-state index contributed by atoms with van der Waals surface area (Å²) < 4.78 is 6.14. The SMILES string of the molecule is CC(C)(O)C(C)(C)O[B]c1cccc(-c2nc3ccccc3c3cc4c(cc23)-c2ccccc2C4(c2ccccc2)c2ccccc2)c1. The fourth-order valence-electron chi connectivity index (χ4n) is 7.23. The smallest absolute Gasteiger partial charge is 0.330 e. The van der Waals surface area contributed by atoms with E-state index in [9.17, 15) is 5.11 Å². The minimum absolute atomic E-state index is 0.479. The van der Waals surface area contributed by atoms with E-state index < -0.39 is 16.6 Å². The summed E-state index contributed by atoms with van der Waals surface area (Å²) >= 11 is 0. The molecule has 1 radical (unpaired) electrons. The summed E-state index contributed by atoms with van der Waals surface area (Å²) in [5.74, 6) is 0. The van der Waals surface area contributed by atoms with Crippen LogP contribution >= 0.6 is 0 Å². The number of hydrogen-bond donors (Lipinski definition) is 1. The molecule has 0 atom stereocenters. The molecule has 0 bridgehead atoms. The van der Waals surface area contributed by atoms with Gasteiger partial charge in [0.25, 0.3) is 0 Å². The maximum Gasteiger partial charge on any atom is 0.330 e. The van der Waals surface area contributed by atoms with Gasteiger partial charge in [0.2, 0.25) is 0 Å². The van der Waals surface area contributed by atoms with Crippen LogP contribution in [0, 0.1) is 0 Å². The van der Waals surface area contributed by atoms with Crippen molar-refractivity contribution in [3.8, 4) is 22.4 Å². The molecule has 1 aromatic heterocycles. The van der Waals surface area contributed by atoms with Gasteiger partial charge in [-0.05, 0) is 84.7 Å². The maximum absolute atomic E-state index is 10.6. The first-order valence-corrected chi connectivity index (χ1v) is 16.6. The summed E-state index contributed by atoms with van der Waals surface area (Å²) in [6, 6.07) is 52.3. The Morgan fingerprint density at radius 1 is 0.583 bits per heavy atom. The minimum atomic E-state index is -1.01. The summed E-state index contributed by atoms with van der Waals surface area (Å²) in [5, 5.41) is 14.1. The number of hydrogen-bond acceptors (Lipinski definition) is 3. The molecular formula is C44H37BNO2. The molecule has 1 N–H and O–H groups in total. The van der Waals surface area contributed by atoms with Crippen LogP contribution in [0.2, 0.25) is 0 Å². The molecule has 6 aromatic carbocycles. The lowest BCUT2D eigenvalue weighted by atomic mass is 9.67. The van der Waals surface area contributed by atoms with Gasteiger partial charge in [0.1, 0.15) is 0 Å². The van der Waals surface area contributed by atoms with Crippen molar-refractivity contribution >= 4 is 34.6 Å². The summed E-state index contributed by atoms with van der Waals surface area (Å²) in [5.41, 5.74) is 9.06. The van der Waals surface area contributed by atoms with Crippen LogP contribution in [0.25, 0.3) is 44.1 Å². The molecule has 0 amide bonds. The zero-order valence-corrected chi connectivity index (χ0v) is 27.7. The Kier molecular flexibility index (Phi) is 7.14. The van der Waals surface area contributed by atoms with Crippen molar-refractivity contribution in [2.24, 2.45) is 0 Å². The summed E-state index contributed by atoms with van der Waals surface area (Å²) in [7, 11) is 1.74. The van der Waals surface area contributed by atoms with Gasteiger partial charge in [-0.1, -0.05) is 133 Å². The molecule has 4 heteroatoms. The average molecular weight is 623 g/mol. The third-order valence-corrected chi connectivity index (χ3v) is 10.4. The number of aliphatic hydroxyl groups is 1. The highest BCUT2D eigenvalue weighted by atomic mass is 16.5. The molecular weight excluding hydrogens is 585 g/mol. The van der Waals surface area contributed by atoms with Crippen LogP contribution in [0.5, 0.6) is 0 Å². The first-order valence-electron chi connectivity index (χ1n) is 16.6. The van der Waals surface area contributed by atoms with Crippen molar-refractivity contribution in [1.29, 1.82) is 0 Å². The number of para-hydroxylation sites is 1. The minimum Gasteiger partial charge on any atom is -0.427 e. The van der Waals surface area contributed by atoms with E-state index in [1.54, 1.807) is 21.3 Å². The molecule has 3 nitrogen and oxygen atoms in total. The van der Waals surface area contributed by atoms with Crippen molar-refractivity contribution in [3.63, 3.8) is 0 Å². The first kappa shape index (κ1) is 30.3. The Morgan fingerprint density at radius 2 is 1.23 bits per heavy atom. The molecule has 233 valence electrons. The summed E-state index contributed by atoms with van der Waals surface area (Å²) in [4.78, 5) is 5.30. The number of benzene rings is 6. The van der Waals surface area contributed by atoms with Crippen molar-refractivity contribution < 1.29 is 9.76 Å². The zero-order valence-electron chi connectivity index (χ0n) is 27.7. The number of pyridine rings is 1. The highest BCUT2D eigenvalue weighted by Gasteiger charge is 2.46. The largest absolute Gasteiger partial charge is 0.427 e. The molecule has 1 aliphatic carbocycles.